The van der Waals surface area contributed by atoms with Crippen molar-refractivity contribution in [3.05, 3.63) is 65.6 Å². The molecule has 0 spiro atoms. The number of hydrogen-bond acceptors (Lipinski definition) is 8. The van der Waals surface area contributed by atoms with E-state index in [4.69, 9.17) is 4.98 Å². The molecular formula is C33H39FN6O3S. The van der Waals surface area contributed by atoms with Crippen molar-refractivity contribution in [1.29, 1.82) is 0 Å². The van der Waals surface area contributed by atoms with Gasteiger partial charge in [-0.25, -0.2) is 17.8 Å². The van der Waals surface area contributed by atoms with Crippen LogP contribution in [0.3, 0.4) is 0 Å². The number of hydrogen-bond donors (Lipinski definition) is 3. The SMILES string of the molecule is Cc1cc(Nc2ncc(C)c(NC3C4CC5CC3CC(C(=O)Nc3cccc(F)c3)(C5)C4)n2)ccc1N1CCS(=O)(=O)CC1. The van der Waals surface area contributed by atoms with Gasteiger partial charge in [0.15, 0.2) is 9.84 Å². The third-order valence-electron chi connectivity index (χ3n) is 10.3. The van der Waals surface area contributed by atoms with E-state index in [1.807, 2.05) is 38.2 Å². The molecule has 2 heterocycles. The number of rotatable bonds is 7. The number of carbonyl (C=O) groups excluding carboxylic acids is 1. The number of amides is 1. The summed E-state index contributed by atoms with van der Waals surface area (Å²) >= 11 is 0. The average Bonchev–Trinajstić information content (AvgIpc) is 2.97. The molecule has 1 saturated heterocycles. The zero-order valence-corrected chi connectivity index (χ0v) is 26.0. The lowest BCUT2D eigenvalue weighted by Gasteiger charge is -2.59. The van der Waals surface area contributed by atoms with Crippen molar-refractivity contribution in [2.75, 3.05) is 45.4 Å². The molecule has 2 atom stereocenters. The minimum Gasteiger partial charge on any atom is -0.369 e. The van der Waals surface area contributed by atoms with E-state index in [2.05, 4.69) is 25.8 Å². The van der Waals surface area contributed by atoms with E-state index in [1.54, 1.807) is 12.1 Å². The minimum absolute atomic E-state index is 0.0253. The van der Waals surface area contributed by atoms with E-state index >= 15 is 0 Å². The predicted octanol–water partition coefficient (Wildman–Crippen LogP) is 5.46. The third-order valence-corrected chi connectivity index (χ3v) is 11.9. The van der Waals surface area contributed by atoms with Crippen LogP contribution < -0.4 is 20.9 Å². The molecule has 44 heavy (non-hydrogen) atoms. The molecule has 8 rings (SSSR count). The first-order chi connectivity index (χ1) is 21.1. The van der Waals surface area contributed by atoms with Crippen LogP contribution in [0.1, 0.15) is 43.2 Å². The van der Waals surface area contributed by atoms with E-state index in [1.165, 1.54) is 12.1 Å². The molecule has 3 aromatic rings. The summed E-state index contributed by atoms with van der Waals surface area (Å²) in [6.07, 6.45) is 6.59. The molecule has 4 saturated carbocycles. The van der Waals surface area contributed by atoms with Crippen LogP contribution in [-0.4, -0.2) is 54.9 Å². The Balaban J connectivity index is 1.03. The van der Waals surface area contributed by atoms with E-state index in [0.717, 1.165) is 60.4 Å². The maximum absolute atomic E-state index is 13.8. The van der Waals surface area contributed by atoms with Crippen molar-refractivity contribution in [1.82, 2.24) is 9.97 Å². The molecule has 11 heteroatoms. The molecule has 3 N–H and O–H groups in total. The zero-order valence-electron chi connectivity index (χ0n) is 25.1. The molecule has 1 aromatic heterocycles. The predicted molar refractivity (Wildman–Crippen MR) is 171 cm³/mol. The molecule has 1 aliphatic heterocycles. The van der Waals surface area contributed by atoms with Crippen molar-refractivity contribution in [2.45, 2.75) is 52.0 Å². The van der Waals surface area contributed by atoms with E-state index in [-0.39, 0.29) is 29.3 Å². The van der Waals surface area contributed by atoms with Crippen LogP contribution in [0.2, 0.25) is 0 Å². The van der Waals surface area contributed by atoms with Gasteiger partial charge in [-0.15, -0.1) is 0 Å². The topological polar surface area (TPSA) is 116 Å². The van der Waals surface area contributed by atoms with Gasteiger partial charge in [0.05, 0.1) is 16.9 Å². The molecule has 4 bridgehead atoms. The maximum atomic E-state index is 13.8. The molecule has 9 nitrogen and oxygen atoms in total. The number of carbonyl (C=O) groups is 1. The number of benzene rings is 2. The Morgan fingerprint density at radius 3 is 2.43 bits per heavy atom. The highest BCUT2D eigenvalue weighted by molar-refractivity contribution is 7.91. The van der Waals surface area contributed by atoms with Crippen molar-refractivity contribution in [2.24, 2.45) is 23.2 Å². The largest absolute Gasteiger partial charge is 0.369 e. The summed E-state index contributed by atoms with van der Waals surface area (Å²) in [7, 11) is -2.94. The van der Waals surface area contributed by atoms with Gasteiger partial charge >= 0.3 is 0 Å². The highest BCUT2D eigenvalue weighted by atomic mass is 32.2. The Morgan fingerprint density at radius 1 is 0.977 bits per heavy atom. The molecule has 1 amide bonds. The molecule has 4 aliphatic carbocycles. The lowest BCUT2D eigenvalue weighted by atomic mass is 9.47. The van der Waals surface area contributed by atoms with Gasteiger partial charge in [0.25, 0.3) is 0 Å². The number of nitrogens with one attached hydrogen (secondary N) is 3. The summed E-state index contributed by atoms with van der Waals surface area (Å²) in [5, 5.41) is 10.1. The first-order valence-corrected chi connectivity index (χ1v) is 17.4. The summed E-state index contributed by atoms with van der Waals surface area (Å²) in [6, 6.07) is 12.4. The molecule has 232 valence electrons. The highest BCUT2D eigenvalue weighted by Crippen LogP contribution is 2.61. The number of nitrogens with zero attached hydrogens (tertiary/aromatic N) is 3. The zero-order chi connectivity index (χ0) is 30.6. The third kappa shape index (κ3) is 5.62. The van der Waals surface area contributed by atoms with Crippen LogP contribution in [0.15, 0.2) is 48.7 Å². The summed E-state index contributed by atoms with van der Waals surface area (Å²) in [5.74, 6) is 2.62. The van der Waals surface area contributed by atoms with E-state index < -0.39 is 15.3 Å². The van der Waals surface area contributed by atoms with Gasteiger partial charge in [-0.1, -0.05) is 6.07 Å². The monoisotopic (exact) mass is 618 g/mol. The molecule has 5 aliphatic rings. The Labute approximate surface area is 258 Å². The number of aromatic nitrogens is 2. The van der Waals surface area contributed by atoms with Crippen LogP contribution in [0, 0.1) is 42.8 Å². The first kappa shape index (κ1) is 29.0. The molecular weight excluding hydrogens is 579 g/mol. The second-order valence-corrected chi connectivity index (χ2v) is 15.7. The molecule has 5 fully saturated rings. The van der Waals surface area contributed by atoms with Crippen molar-refractivity contribution in [3.63, 3.8) is 0 Å². The number of anilines is 5. The summed E-state index contributed by atoms with van der Waals surface area (Å²) < 4.78 is 37.5. The van der Waals surface area contributed by atoms with Crippen LogP contribution in [0.4, 0.5) is 33.2 Å². The number of aryl methyl sites for hydroxylation is 2. The standard InChI is InChI=1S/C33H39FN6O3S/c1-20-12-27(6-7-28(20)40-8-10-44(42,43)11-9-40)37-32-35-19-21(2)30(39-32)38-29-23-13-22-14-24(29)18-33(16-22,17-23)31(41)36-26-5-3-4-25(34)15-26/h3-7,12,15,19,22-24,29H,8-11,13-14,16-18H2,1-2H3,(H,36,41)(H2,35,37,38,39). The molecule has 2 aromatic carbocycles. The second-order valence-electron chi connectivity index (χ2n) is 13.4. The quantitative estimate of drug-likeness (QED) is 0.320. The fourth-order valence-electron chi connectivity index (χ4n) is 8.34. The number of sulfone groups is 1. The van der Waals surface area contributed by atoms with Gasteiger partial charge < -0.3 is 20.9 Å². The van der Waals surface area contributed by atoms with Gasteiger partial charge in [-0.05, 0) is 106 Å². The van der Waals surface area contributed by atoms with Gasteiger partial charge in [-0.3, -0.25) is 4.79 Å². The van der Waals surface area contributed by atoms with Crippen LogP contribution in [0.5, 0.6) is 0 Å². The maximum Gasteiger partial charge on any atom is 0.230 e. The Morgan fingerprint density at radius 2 is 1.73 bits per heavy atom. The lowest BCUT2D eigenvalue weighted by molar-refractivity contribution is -0.141. The van der Waals surface area contributed by atoms with E-state index in [9.17, 15) is 17.6 Å². The smallest absolute Gasteiger partial charge is 0.230 e. The highest BCUT2D eigenvalue weighted by Gasteiger charge is 2.58. The van der Waals surface area contributed by atoms with Crippen LogP contribution >= 0.6 is 0 Å². The first-order valence-electron chi connectivity index (χ1n) is 15.6. The van der Waals surface area contributed by atoms with Crippen molar-refractivity contribution < 1.29 is 17.6 Å². The second kappa shape index (κ2) is 11.0. The summed E-state index contributed by atoms with van der Waals surface area (Å²) in [4.78, 5) is 25.1. The van der Waals surface area contributed by atoms with Gasteiger partial charge in [-0.2, -0.15) is 4.98 Å². The van der Waals surface area contributed by atoms with Crippen LogP contribution in [0.25, 0.3) is 0 Å². The average molecular weight is 619 g/mol. The molecule has 2 unspecified atom stereocenters. The number of halogens is 1. The summed E-state index contributed by atoms with van der Waals surface area (Å²) in [5.41, 5.74) is 4.05. The summed E-state index contributed by atoms with van der Waals surface area (Å²) in [6.45, 7) is 5.06. The van der Waals surface area contributed by atoms with Gasteiger partial charge in [0, 0.05) is 48.0 Å². The Hall–Kier alpha value is -3.73. The lowest BCUT2D eigenvalue weighted by Crippen LogP contribution is -2.59. The van der Waals surface area contributed by atoms with Crippen molar-refractivity contribution in [3.8, 4) is 0 Å². The molecule has 0 radical (unpaired) electrons. The minimum atomic E-state index is -2.94. The fourth-order valence-corrected chi connectivity index (χ4v) is 9.55. The van der Waals surface area contributed by atoms with Gasteiger partial charge in [0.1, 0.15) is 11.6 Å². The van der Waals surface area contributed by atoms with E-state index in [0.29, 0.717) is 42.5 Å². The van der Waals surface area contributed by atoms with Crippen molar-refractivity contribution >= 4 is 44.6 Å². The normalized spacial score (nSPS) is 28.5. The Kier molecular flexibility index (Phi) is 7.26. The Bertz CT molecular complexity index is 1690. The van der Waals surface area contributed by atoms with Gasteiger partial charge in [0.2, 0.25) is 11.9 Å². The van der Waals surface area contributed by atoms with Crippen LogP contribution in [-0.2, 0) is 14.6 Å². The fraction of sp³-hybridized carbons (Fsp3) is 0.485.